The maximum absolute atomic E-state index is 11.4. The first-order chi connectivity index (χ1) is 13.0. The molecule has 144 valence electrons. The molecule has 2 aliphatic heterocycles. The molecule has 0 fully saturated rings. The lowest BCUT2D eigenvalue weighted by molar-refractivity contribution is 0.0998. The maximum Gasteiger partial charge on any atom is 0.252 e. The van der Waals surface area contributed by atoms with E-state index in [1.807, 2.05) is 4.68 Å². The van der Waals surface area contributed by atoms with Gasteiger partial charge in [-0.2, -0.15) is 5.10 Å². The number of carbonyl (C=O) groups excluding carboxylic acids is 1. The van der Waals surface area contributed by atoms with Gasteiger partial charge in [0.05, 0.1) is 24.6 Å². The number of carbonyl (C=O) groups is 1. The average Bonchev–Trinajstić information content (AvgIpc) is 3.23. The van der Waals surface area contributed by atoms with Crippen LogP contribution < -0.4 is 20.5 Å². The summed E-state index contributed by atoms with van der Waals surface area (Å²) in [6, 6.07) is 4.12. The van der Waals surface area contributed by atoms with Crippen LogP contribution in [-0.2, 0) is 25.9 Å². The highest BCUT2D eigenvalue weighted by Crippen LogP contribution is 2.36. The molecule has 1 amide bonds. The highest BCUT2D eigenvalue weighted by Gasteiger charge is 2.25. The molecule has 1 aromatic heterocycles. The maximum atomic E-state index is 11.4. The van der Waals surface area contributed by atoms with E-state index in [1.54, 1.807) is 13.3 Å². The van der Waals surface area contributed by atoms with Crippen molar-refractivity contribution in [3.8, 4) is 11.5 Å². The third-order valence-electron chi connectivity index (χ3n) is 5.46. The van der Waals surface area contributed by atoms with E-state index in [2.05, 4.69) is 29.5 Å². The van der Waals surface area contributed by atoms with Crippen LogP contribution in [0, 0.1) is 5.92 Å². The zero-order valence-corrected chi connectivity index (χ0v) is 15.8. The van der Waals surface area contributed by atoms with E-state index in [9.17, 15) is 4.79 Å². The molecule has 2 aromatic rings. The van der Waals surface area contributed by atoms with Crippen LogP contribution in [0.25, 0.3) is 0 Å². The summed E-state index contributed by atoms with van der Waals surface area (Å²) in [5.74, 6) is 1.95. The van der Waals surface area contributed by atoms with E-state index in [4.69, 9.17) is 15.2 Å². The second-order valence-electron chi connectivity index (χ2n) is 7.49. The number of hydrogen-bond acceptors (Lipinski definition) is 5. The summed E-state index contributed by atoms with van der Waals surface area (Å²) in [6.45, 7) is 4.51. The van der Waals surface area contributed by atoms with Crippen molar-refractivity contribution in [2.24, 2.45) is 11.7 Å². The van der Waals surface area contributed by atoms with Crippen molar-refractivity contribution in [3.63, 3.8) is 0 Å². The molecule has 2 atom stereocenters. The highest BCUT2D eigenvalue weighted by atomic mass is 16.5. The van der Waals surface area contributed by atoms with Gasteiger partial charge in [-0.15, -0.1) is 0 Å². The van der Waals surface area contributed by atoms with Crippen LogP contribution in [0.2, 0.25) is 0 Å². The van der Waals surface area contributed by atoms with Crippen molar-refractivity contribution in [2.45, 2.75) is 45.4 Å². The molecule has 27 heavy (non-hydrogen) atoms. The van der Waals surface area contributed by atoms with Gasteiger partial charge >= 0.3 is 0 Å². The van der Waals surface area contributed by atoms with Crippen LogP contribution >= 0.6 is 0 Å². The van der Waals surface area contributed by atoms with Crippen LogP contribution in [0.1, 0.15) is 40.5 Å². The fraction of sp³-hybridized carbons (Fsp3) is 0.500. The van der Waals surface area contributed by atoms with E-state index in [1.165, 1.54) is 5.56 Å². The zero-order valence-electron chi connectivity index (χ0n) is 15.8. The van der Waals surface area contributed by atoms with Gasteiger partial charge in [0.25, 0.3) is 5.91 Å². The molecule has 7 heteroatoms. The van der Waals surface area contributed by atoms with Crippen molar-refractivity contribution in [1.29, 1.82) is 0 Å². The van der Waals surface area contributed by atoms with Crippen molar-refractivity contribution in [1.82, 2.24) is 15.1 Å². The van der Waals surface area contributed by atoms with E-state index >= 15 is 0 Å². The van der Waals surface area contributed by atoms with Gasteiger partial charge in [-0.05, 0) is 37.8 Å². The summed E-state index contributed by atoms with van der Waals surface area (Å²) < 4.78 is 13.4. The van der Waals surface area contributed by atoms with Crippen LogP contribution in [-0.4, -0.2) is 35.4 Å². The second-order valence-corrected chi connectivity index (χ2v) is 7.49. The minimum absolute atomic E-state index is 0.210. The predicted molar refractivity (Wildman–Crippen MR) is 101 cm³/mol. The molecule has 0 aliphatic carbocycles. The smallest absolute Gasteiger partial charge is 0.252 e. The third-order valence-corrected chi connectivity index (χ3v) is 5.46. The molecule has 2 aliphatic rings. The molecular weight excluding hydrogens is 344 g/mol. The van der Waals surface area contributed by atoms with Gasteiger partial charge < -0.3 is 20.5 Å². The molecular formula is C20H26N4O3. The molecule has 3 N–H and O–H groups in total. The van der Waals surface area contributed by atoms with Crippen LogP contribution in [0.15, 0.2) is 18.3 Å². The molecule has 0 saturated carbocycles. The lowest BCUT2D eigenvalue weighted by atomic mass is 9.96. The Morgan fingerprint density at radius 1 is 1.48 bits per heavy atom. The van der Waals surface area contributed by atoms with Gasteiger partial charge in [0, 0.05) is 37.2 Å². The molecule has 0 saturated heterocycles. The first kappa shape index (κ1) is 17.9. The molecule has 1 aromatic carbocycles. The number of ether oxygens (including phenoxy) is 2. The summed E-state index contributed by atoms with van der Waals surface area (Å²) in [6.07, 6.45) is 4.57. The Labute approximate surface area is 158 Å². The molecule has 0 unspecified atom stereocenters. The number of benzene rings is 1. The van der Waals surface area contributed by atoms with E-state index in [0.717, 1.165) is 61.7 Å². The van der Waals surface area contributed by atoms with Crippen molar-refractivity contribution in [3.05, 3.63) is 40.7 Å². The van der Waals surface area contributed by atoms with Crippen LogP contribution in [0.3, 0.4) is 0 Å². The number of fused-ring (bicyclic) bond motifs is 2. The minimum Gasteiger partial charge on any atom is -0.497 e. The number of nitrogens with one attached hydrogen (secondary N) is 1. The molecule has 4 rings (SSSR count). The largest absolute Gasteiger partial charge is 0.497 e. The Morgan fingerprint density at radius 2 is 2.33 bits per heavy atom. The van der Waals surface area contributed by atoms with Crippen LogP contribution in [0.4, 0.5) is 0 Å². The fourth-order valence-electron chi connectivity index (χ4n) is 4.12. The number of hydrogen-bond donors (Lipinski definition) is 2. The van der Waals surface area contributed by atoms with Gasteiger partial charge in [0.1, 0.15) is 17.6 Å². The Bertz CT molecular complexity index is 861. The SMILES string of the molecule is COc1cc(CNC[C@H]2CCc3c(C(N)=O)cnn3C2)c2c(c1)C[C@H](C)O2. The summed E-state index contributed by atoms with van der Waals surface area (Å²) in [5.41, 5.74) is 9.29. The number of primary amides is 1. The minimum atomic E-state index is -0.395. The van der Waals surface area contributed by atoms with Gasteiger partial charge in [-0.3, -0.25) is 9.48 Å². The standard InChI is InChI=1S/C20H26N4O3/c1-12-5-14-6-16(26-2)7-15(19(14)27-12)9-22-8-13-3-4-18-17(20(21)25)10-23-24(18)11-13/h6-7,10,12-13,22H,3-5,8-9,11H2,1-2H3,(H2,21,25)/t12-,13+/m0/s1. The normalized spacial score (nSPS) is 20.7. The van der Waals surface area contributed by atoms with Crippen molar-refractivity contribution in [2.75, 3.05) is 13.7 Å². The average molecular weight is 370 g/mol. The molecule has 3 heterocycles. The Balaban J connectivity index is 1.38. The van der Waals surface area contributed by atoms with E-state index in [0.29, 0.717) is 11.5 Å². The van der Waals surface area contributed by atoms with Gasteiger partial charge in [-0.1, -0.05) is 0 Å². The number of amides is 1. The number of methoxy groups -OCH3 is 1. The molecule has 0 bridgehead atoms. The van der Waals surface area contributed by atoms with E-state index < -0.39 is 5.91 Å². The summed E-state index contributed by atoms with van der Waals surface area (Å²) in [5, 5.41) is 7.88. The summed E-state index contributed by atoms with van der Waals surface area (Å²) in [4.78, 5) is 11.4. The molecule has 0 spiro atoms. The number of rotatable bonds is 6. The fourth-order valence-corrected chi connectivity index (χ4v) is 4.12. The number of aromatic nitrogens is 2. The van der Waals surface area contributed by atoms with Gasteiger partial charge in [0.15, 0.2) is 0 Å². The molecule has 0 radical (unpaired) electrons. The number of nitrogens with zero attached hydrogens (tertiary/aromatic N) is 2. The molecule has 7 nitrogen and oxygen atoms in total. The van der Waals surface area contributed by atoms with Crippen molar-refractivity contribution < 1.29 is 14.3 Å². The van der Waals surface area contributed by atoms with E-state index in [-0.39, 0.29) is 6.10 Å². The highest BCUT2D eigenvalue weighted by molar-refractivity contribution is 5.93. The quantitative estimate of drug-likeness (QED) is 0.807. The first-order valence-electron chi connectivity index (χ1n) is 9.46. The summed E-state index contributed by atoms with van der Waals surface area (Å²) in [7, 11) is 1.70. The van der Waals surface area contributed by atoms with Gasteiger partial charge in [-0.25, -0.2) is 0 Å². The monoisotopic (exact) mass is 370 g/mol. The third kappa shape index (κ3) is 3.51. The Morgan fingerprint density at radius 3 is 3.11 bits per heavy atom. The number of nitrogens with two attached hydrogens (primary N) is 1. The Kier molecular flexibility index (Phi) is 4.78. The summed E-state index contributed by atoms with van der Waals surface area (Å²) >= 11 is 0. The van der Waals surface area contributed by atoms with Crippen LogP contribution in [0.5, 0.6) is 11.5 Å². The lowest BCUT2D eigenvalue weighted by Crippen LogP contribution is -2.31. The second kappa shape index (κ2) is 7.23. The zero-order chi connectivity index (χ0) is 19.0. The van der Waals surface area contributed by atoms with Gasteiger partial charge in [0.2, 0.25) is 0 Å². The topological polar surface area (TPSA) is 91.4 Å². The predicted octanol–water partition coefficient (Wildman–Crippen LogP) is 1.67. The lowest BCUT2D eigenvalue weighted by Gasteiger charge is -2.24. The van der Waals surface area contributed by atoms with Crippen molar-refractivity contribution >= 4 is 5.91 Å². The first-order valence-corrected chi connectivity index (χ1v) is 9.46. The Hall–Kier alpha value is -2.54.